The molecule has 0 aromatic carbocycles. The Labute approximate surface area is 105 Å². The fraction of sp³-hybridized carbons (Fsp3) is 0.923. The van der Waals surface area contributed by atoms with Gasteiger partial charge in [0.05, 0.1) is 6.61 Å². The summed E-state index contributed by atoms with van der Waals surface area (Å²) in [5.74, 6) is -0.275. The monoisotopic (exact) mass is 246 g/mol. The molecule has 0 aliphatic carbocycles. The van der Waals surface area contributed by atoms with E-state index in [0.29, 0.717) is 13.2 Å². The molecule has 102 valence electrons. The zero-order valence-electron chi connectivity index (χ0n) is 11.4. The predicted molar refractivity (Wildman–Crippen MR) is 67.0 cm³/mol. The fourth-order valence-corrected chi connectivity index (χ4v) is 1.21. The van der Waals surface area contributed by atoms with Crippen molar-refractivity contribution in [1.82, 2.24) is 0 Å². The first kappa shape index (κ1) is 16.4. The first-order valence-electron chi connectivity index (χ1n) is 6.53. The summed E-state index contributed by atoms with van der Waals surface area (Å²) in [6, 6.07) is 0. The number of unbranched alkanes of at least 4 members (excludes halogenated alkanes) is 2. The summed E-state index contributed by atoms with van der Waals surface area (Å²) in [5.41, 5.74) is 0. The lowest BCUT2D eigenvalue weighted by molar-refractivity contribution is -0.147. The molecular formula is C13H26O4. The van der Waals surface area contributed by atoms with Crippen molar-refractivity contribution in [3.63, 3.8) is 0 Å². The molecule has 0 radical (unpaired) electrons. The van der Waals surface area contributed by atoms with Crippen LogP contribution in [-0.4, -0.2) is 38.5 Å². The van der Waals surface area contributed by atoms with Crippen molar-refractivity contribution in [2.75, 3.05) is 26.4 Å². The molecule has 17 heavy (non-hydrogen) atoms. The Morgan fingerprint density at radius 1 is 1.06 bits per heavy atom. The summed E-state index contributed by atoms with van der Waals surface area (Å²) in [7, 11) is 0. The van der Waals surface area contributed by atoms with Crippen LogP contribution in [0.5, 0.6) is 0 Å². The van der Waals surface area contributed by atoms with E-state index in [-0.39, 0.29) is 18.7 Å². The van der Waals surface area contributed by atoms with Crippen LogP contribution in [0.1, 0.15) is 46.5 Å². The molecule has 0 amide bonds. The van der Waals surface area contributed by atoms with Crippen LogP contribution >= 0.6 is 0 Å². The highest BCUT2D eigenvalue weighted by atomic mass is 16.6. The number of hydrogen-bond donors (Lipinski definition) is 0. The Balaban J connectivity index is 3.71. The van der Waals surface area contributed by atoms with E-state index in [4.69, 9.17) is 14.2 Å². The lowest BCUT2D eigenvalue weighted by Crippen LogP contribution is -2.27. The number of rotatable bonds is 11. The van der Waals surface area contributed by atoms with E-state index in [1.54, 1.807) is 0 Å². The molecule has 0 saturated heterocycles. The van der Waals surface area contributed by atoms with Crippen LogP contribution in [0.15, 0.2) is 0 Å². The van der Waals surface area contributed by atoms with Crippen LogP contribution < -0.4 is 0 Å². The van der Waals surface area contributed by atoms with Gasteiger partial charge in [-0.2, -0.15) is 0 Å². The highest BCUT2D eigenvalue weighted by molar-refractivity contribution is 5.65. The topological polar surface area (TPSA) is 44.8 Å². The highest BCUT2D eigenvalue weighted by Crippen LogP contribution is 2.00. The molecule has 0 fully saturated rings. The minimum Gasteiger partial charge on any atom is -0.463 e. The Morgan fingerprint density at radius 2 is 1.71 bits per heavy atom. The van der Waals surface area contributed by atoms with Crippen molar-refractivity contribution in [3.05, 3.63) is 0 Å². The van der Waals surface area contributed by atoms with E-state index in [1.807, 2.05) is 0 Å². The minimum atomic E-state index is -0.275. The Hall–Kier alpha value is -0.610. The number of ether oxygens (including phenoxy) is 3. The average Bonchev–Trinajstić information content (AvgIpc) is 2.30. The lowest BCUT2D eigenvalue weighted by atomic mass is 10.3. The summed E-state index contributed by atoms with van der Waals surface area (Å²) in [4.78, 5) is 10.7. The largest absolute Gasteiger partial charge is 0.463 e. The van der Waals surface area contributed by atoms with Gasteiger partial charge in [-0.15, -0.1) is 0 Å². The third kappa shape index (κ3) is 11.6. The molecule has 0 N–H and O–H groups in total. The van der Waals surface area contributed by atoms with Gasteiger partial charge in [0.25, 0.3) is 0 Å². The molecule has 0 rings (SSSR count). The molecule has 1 atom stereocenters. The second-order valence-corrected chi connectivity index (χ2v) is 4.08. The SMILES string of the molecule is CCCCOCC(COC(C)=O)OCCCC. The predicted octanol–water partition coefficient (Wildman–Crippen LogP) is 2.55. The van der Waals surface area contributed by atoms with Gasteiger partial charge in [-0.25, -0.2) is 0 Å². The molecule has 0 aliphatic rings. The molecule has 0 aliphatic heterocycles. The Morgan fingerprint density at radius 3 is 2.29 bits per heavy atom. The normalized spacial score (nSPS) is 12.4. The van der Waals surface area contributed by atoms with Crippen molar-refractivity contribution in [1.29, 1.82) is 0 Å². The summed E-state index contributed by atoms with van der Waals surface area (Å²) < 4.78 is 16.0. The van der Waals surface area contributed by atoms with Crippen LogP contribution in [0.2, 0.25) is 0 Å². The summed E-state index contributed by atoms with van der Waals surface area (Å²) in [5, 5.41) is 0. The molecule has 0 heterocycles. The average molecular weight is 246 g/mol. The van der Waals surface area contributed by atoms with Gasteiger partial charge in [0.2, 0.25) is 0 Å². The second-order valence-electron chi connectivity index (χ2n) is 4.08. The van der Waals surface area contributed by atoms with Gasteiger partial charge in [0, 0.05) is 20.1 Å². The molecule has 4 heteroatoms. The summed E-state index contributed by atoms with van der Waals surface area (Å²) in [6.07, 6.45) is 4.14. The van der Waals surface area contributed by atoms with Gasteiger partial charge >= 0.3 is 5.97 Å². The van der Waals surface area contributed by atoms with Crippen molar-refractivity contribution in [2.45, 2.75) is 52.6 Å². The van der Waals surface area contributed by atoms with Crippen LogP contribution in [-0.2, 0) is 19.0 Å². The summed E-state index contributed by atoms with van der Waals surface area (Å²) >= 11 is 0. The van der Waals surface area contributed by atoms with Crippen molar-refractivity contribution >= 4 is 5.97 Å². The fourth-order valence-electron chi connectivity index (χ4n) is 1.21. The van der Waals surface area contributed by atoms with Gasteiger partial charge in [0.1, 0.15) is 12.7 Å². The maximum absolute atomic E-state index is 10.7. The Kier molecular flexibility index (Phi) is 11.4. The van der Waals surface area contributed by atoms with Crippen molar-refractivity contribution in [2.24, 2.45) is 0 Å². The molecule has 1 unspecified atom stereocenters. The molecule has 0 saturated carbocycles. The smallest absolute Gasteiger partial charge is 0.302 e. The van der Waals surface area contributed by atoms with E-state index in [2.05, 4.69) is 13.8 Å². The van der Waals surface area contributed by atoms with E-state index >= 15 is 0 Å². The van der Waals surface area contributed by atoms with Crippen molar-refractivity contribution in [3.8, 4) is 0 Å². The maximum atomic E-state index is 10.7. The molecule has 0 bridgehead atoms. The number of carbonyl (C=O) groups is 1. The van der Waals surface area contributed by atoms with Crippen LogP contribution in [0.4, 0.5) is 0 Å². The van der Waals surface area contributed by atoms with Crippen molar-refractivity contribution < 1.29 is 19.0 Å². The minimum absolute atomic E-state index is 0.137. The van der Waals surface area contributed by atoms with Crippen LogP contribution in [0.3, 0.4) is 0 Å². The van der Waals surface area contributed by atoms with Crippen LogP contribution in [0, 0.1) is 0 Å². The standard InChI is InChI=1S/C13H26O4/c1-4-6-8-15-10-13(11-17-12(3)14)16-9-7-5-2/h13H,4-11H2,1-3H3. The van der Waals surface area contributed by atoms with Gasteiger partial charge in [-0.1, -0.05) is 26.7 Å². The lowest BCUT2D eigenvalue weighted by Gasteiger charge is -2.17. The second kappa shape index (κ2) is 11.9. The number of hydrogen-bond acceptors (Lipinski definition) is 4. The molecule has 0 spiro atoms. The van der Waals surface area contributed by atoms with Gasteiger partial charge in [-0.05, 0) is 12.8 Å². The molecule has 0 aromatic rings. The molecule has 4 nitrogen and oxygen atoms in total. The number of carbonyl (C=O) groups excluding carboxylic acids is 1. The van der Waals surface area contributed by atoms with Gasteiger partial charge < -0.3 is 14.2 Å². The van der Waals surface area contributed by atoms with E-state index < -0.39 is 0 Å². The molecule has 0 aromatic heterocycles. The van der Waals surface area contributed by atoms with E-state index in [0.717, 1.165) is 32.3 Å². The maximum Gasteiger partial charge on any atom is 0.302 e. The Bertz CT molecular complexity index is 182. The third-order valence-corrected chi connectivity index (χ3v) is 2.27. The zero-order chi connectivity index (χ0) is 12.9. The zero-order valence-corrected chi connectivity index (χ0v) is 11.4. The highest BCUT2D eigenvalue weighted by Gasteiger charge is 2.11. The summed E-state index contributed by atoms with van der Waals surface area (Å²) in [6.45, 7) is 7.85. The molecular weight excluding hydrogens is 220 g/mol. The van der Waals surface area contributed by atoms with E-state index in [9.17, 15) is 4.79 Å². The van der Waals surface area contributed by atoms with Gasteiger partial charge in [0.15, 0.2) is 0 Å². The number of esters is 1. The van der Waals surface area contributed by atoms with Gasteiger partial charge in [-0.3, -0.25) is 4.79 Å². The first-order chi connectivity index (χ1) is 8.20. The first-order valence-corrected chi connectivity index (χ1v) is 6.53. The third-order valence-electron chi connectivity index (χ3n) is 2.27. The quantitative estimate of drug-likeness (QED) is 0.415. The van der Waals surface area contributed by atoms with E-state index in [1.165, 1.54) is 6.92 Å². The van der Waals surface area contributed by atoms with Crippen LogP contribution in [0.25, 0.3) is 0 Å².